The molecule has 168 valence electrons. The number of aromatic nitrogens is 4. The number of piperidine rings is 1. The maximum atomic E-state index is 14.6. The van der Waals surface area contributed by atoms with Crippen LogP contribution in [-0.2, 0) is 12.8 Å². The Hall–Kier alpha value is -3.16. The molecule has 1 saturated heterocycles. The van der Waals surface area contributed by atoms with E-state index in [0.29, 0.717) is 23.4 Å². The van der Waals surface area contributed by atoms with Crippen LogP contribution in [0.3, 0.4) is 0 Å². The van der Waals surface area contributed by atoms with E-state index >= 15 is 0 Å². The number of nitrogens with zero attached hydrogens (tertiary/aromatic N) is 5. The van der Waals surface area contributed by atoms with E-state index in [-0.39, 0.29) is 18.3 Å². The van der Waals surface area contributed by atoms with Crippen LogP contribution >= 0.6 is 0 Å². The Labute approximate surface area is 186 Å². The van der Waals surface area contributed by atoms with Crippen molar-refractivity contribution in [1.82, 2.24) is 19.9 Å². The molecule has 8 heteroatoms. The van der Waals surface area contributed by atoms with Crippen LogP contribution in [0.2, 0.25) is 0 Å². The summed E-state index contributed by atoms with van der Waals surface area (Å²) >= 11 is 0. The van der Waals surface area contributed by atoms with Gasteiger partial charge in [-0.25, -0.2) is 28.7 Å². The average molecular weight is 440 g/mol. The van der Waals surface area contributed by atoms with Crippen LogP contribution in [0.5, 0.6) is 5.75 Å². The van der Waals surface area contributed by atoms with Crippen LogP contribution in [0.1, 0.15) is 38.1 Å². The minimum absolute atomic E-state index is 0.217. The minimum Gasteiger partial charge on any atom is -0.487 e. The van der Waals surface area contributed by atoms with Gasteiger partial charge in [0.25, 0.3) is 0 Å². The number of ether oxygens (including phenoxy) is 1. The molecule has 0 amide bonds. The third kappa shape index (κ3) is 5.00. The maximum absolute atomic E-state index is 14.6. The molecule has 0 radical (unpaired) electrons. The molecule has 6 nitrogen and oxygen atoms in total. The van der Waals surface area contributed by atoms with Gasteiger partial charge in [-0.15, -0.1) is 0 Å². The van der Waals surface area contributed by atoms with Crippen molar-refractivity contribution in [2.75, 3.05) is 24.6 Å². The third-order valence-corrected chi connectivity index (χ3v) is 5.81. The number of rotatable bonds is 7. The van der Waals surface area contributed by atoms with E-state index in [0.717, 1.165) is 43.9 Å². The quantitative estimate of drug-likeness (QED) is 0.535. The van der Waals surface area contributed by atoms with Crippen molar-refractivity contribution in [3.8, 4) is 16.9 Å². The van der Waals surface area contributed by atoms with Crippen molar-refractivity contribution in [1.29, 1.82) is 0 Å². The van der Waals surface area contributed by atoms with E-state index in [1.165, 1.54) is 12.1 Å². The Balaban J connectivity index is 1.34. The zero-order valence-electron chi connectivity index (χ0n) is 18.4. The fourth-order valence-corrected chi connectivity index (χ4v) is 3.75. The standard InChI is InChI=1S/C24H27F2N5O/c1-3-16-11-29-24(30-12-16)31-7-5-17(6-8-31)15-32-23-20(25)9-18(10-21(23)26)19-13-27-22(4-2)28-14-19/h9-14,17H,3-8,15H2,1-2H3. The summed E-state index contributed by atoms with van der Waals surface area (Å²) < 4.78 is 34.8. The number of benzene rings is 1. The maximum Gasteiger partial charge on any atom is 0.225 e. The van der Waals surface area contributed by atoms with Crippen molar-refractivity contribution < 1.29 is 13.5 Å². The molecule has 0 aliphatic carbocycles. The average Bonchev–Trinajstić information content (AvgIpc) is 2.84. The van der Waals surface area contributed by atoms with Crippen LogP contribution in [0.15, 0.2) is 36.9 Å². The molecule has 32 heavy (non-hydrogen) atoms. The summed E-state index contributed by atoms with van der Waals surface area (Å²) in [7, 11) is 0. The van der Waals surface area contributed by atoms with Crippen molar-refractivity contribution in [2.45, 2.75) is 39.5 Å². The second kappa shape index (κ2) is 9.97. The smallest absolute Gasteiger partial charge is 0.225 e. The first-order valence-corrected chi connectivity index (χ1v) is 11.1. The Bertz CT molecular complexity index is 1010. The molecule has 0 saturated carbocycles. The fraction of sp³-hybridized carbons (Fsp3) is 0.417. The normalized spacial score (nSPS) is 14.6. The molecule has 0 N–H and O–H groups in total. The van der Waals surface area contributed by atoms with Gasteiger partial charge >= 0.3 is 0 Å². The van der Waals surface area contributed by atoms with Crippen molar-refractivity contribution in [3.63, 3.8) is 0 Å². The summed E-state index contributed by atoms with van der Waals surface area (Å²) in [5.41, 5.74) is 2.06. The Morgan fingerprint density at radius 1 is 0.875 bits per heavy atom. The van der Waals surface area contributed by atoms with Crippen LogP contribution in [-0.4, -0.2) is 39.6 Å². The Kier molecular flexibility index (Phi) is 6.87. The van der Waals surface area contributed by atoms with E-state index in [2.05, 4.69) is 31.8 Å². The van der Waals surface area contributed by atoms with Gasteiger partial charge in [0, 0.05) is 49.9 Å². The number of halogens is 2. The SMILES string of the molecule is CCc1cnc(N2CCC(COc3c(F)cc(-c4cnc(CC)nc4)cc3F)CC2)nc1. The predicted octanol–water partition coefficient (Wildman–Crippen LogP) is 4.63. The molecule has 3 aromatic rings. The molecule has 3 heterocycles. The molecule has 0 bridgehead atoms. The highest BCUT2D eigenvalue weighted by molar-refractivity contribution is 5.63. The van der Waals surface area contributed by atoms with E-state index in [9.17, 15) is 8.78 Å². The number of hydrogen-bond acceptors (Lipinski definition) is 6. The molecule has 0 unspecified atom stereocenters. The molecule has 4 rings (SSSR count). The second-order valence-electron chi connectivity index (χ2n) is 8.00. The minimum atomic E-state index is -0.721. The van der Waals surface area contributed by atoms with Gasteiger partial charge in [0.2, 0.25) is 5.95 Å². The second-order valence-corrected chi connectivity index (χ2v) is 8.00. The lowest BCUT2D eigenvalue weighted by Gasteiger charge is -2.31. The fourth-order valence-electron chi connectivity index (χ4n) is 3.75. The summed E-state index contributed by atoms with van der Waals surface area (Å²) in [6, 6.07) is 2.53. The van der Waals surface area contributed by atoms with Crippen LogP contribution < -0.4 is 9.64 Å². The van der Waals surface area contributed by atoms with Crippen molar-refractivity contribution in [2.24, 2.45) is 5.92 Å². The molecule has 1 aliphatic rings. The van der Waals surface area contributed by atoms with Gasteiger partial charge in [0.15, 0.2) is 17.4 Å². The van der Waals surface area contributed by atoms with Gasteiger partial charge in [-0.1, -0.05) is 13.8 Å². The number of aryl methyl sites for hydroxylation is 2. The summed E-state index contributed by atoms with van der Waals surface area (Å²) in [5.74, 6) is -0.145. The van der Waals surface area contributed by atoms with Gasteiger partial charge in [0.1, 0.15) is 5.82 Å². The molecule has 0 atom stereocenters. The molecule has 1 aromatic carbocycles. The Morgan fingerprint density at radius 3 is 2.06 bits per heavy atom. The van der Waals surface area contributed by atoms with Crippen LogP contribution in [0, 0.1) is 17.6 Å². The van der Waals surface area contributed by atoms with Gasteiger partial charge in [-0.3, -0.25) is 0 Å². The molecule has 2 aromatic heterocycles. The van der Waals surface area contributed by atoms with Gasteiger partial charge < -0.3 is 9.64 Å². The first-order chi connectivity index (χ1) is 15.6. The van der Waals surface area contributed by atoms with Crippen molar-refractivity contribution >= 4 is 5.95 Å². The first kappa shape index (κ1) is 22.0. The lowest BCUT2D eigenvalue weighted by atomic mass is 9.98. The highest BCUT2D eigenvalue weighted by atomic mass is 19.1. The zero-order chi connectivity index (χ0) is 22.5. The summed E-state index contributed by atoms with van der Waals surface area (Å²) in [6.07, 6.45) is 10.2. The van der Waals surface area contributed by atoms with Crippen LogP contribution in [0.25, 0.3) is 11.1 Å². The van der Waals surface area contributed by atoms with E-state index in [1.807, 2.05) is 19.3 Å². The molecular formula is C24H27F2N5O. The Morgan fingerprint density at radius 2 is 1.50 bits per heavy atom. The van der Waals surface area contributed by atoms with Gasteiger partial charge in [0.05, 0.1) is 6.61 Å². The number of anilines is 1. The monoisotopic (exact) mass is 439 g/mol. The number of hydrogen-bond donors (Lipinski definition) is 0. The molecule has 0 spiro atoms. The van der Waals surface area contributed by atoms with Gasteiger partial charge in [-0.2, -0.15) is 0 Å². The topological polar surface area (TPSA) is 64.0 Å². The summed E-state index contributed by atoms with van der Waals surface area (Å²) in [6.45, 7) is 5.86. The van der Waals surface area contributed by atoms with E-state index in [1.54, 1.807) is 12.4 Å². The largest absolute Gasteiger partial charge is 0.487 e. The lowest BCUT2D eigenvalue weighted by Crippen LogP contribution is -2.36. The zero-order valence-corrected chi connectivity index (χ0v) is 18.4. The lowest BCUT2D eigenvalue weighted by molar-refractivity contribution is 0.207. The van der Waals surface area contributed by atoms with E-state index in [4.69, 9.17) is 4.74 Å². The molecule has 1 fully saturated rings. The highest BCUT2D eigenvalue weighted by Crippen LogP contribution is 2.30. The summed E-state index contributed by atoms with van der Waals surface area (Å²) in [4.78, 5) is 19.4. The van der Waals surface area contributed by atoms with Crippen molar-refractivity contribution in [3.05, 3.63) is 59.9 Å². The van der Waals surface area contributed by atoms with Gasteiger partial charge in [-0.05, 0) is 48.4 Å². The first-order valence-electron chi connectivity index (χ1n) is 11.1. The van der Waals surface area contributed by atoms with E-state index < -0.39 is 11.6 Å². The summed E-state index contributed by atoms with van der Waals surface area (Å²) in [5, 5.41) is 0. The highest BCUT2D eigenvalue weighted by Gasteiger charge is 2.23. The van der Waals surface area contributed by atoms with Crippen LogP contribution in [0.4, 0.5) is 14.7 Å². The third-order valence-electron chi connectivity index (χ3n) is 5.81. The molecule has 1 aliphatic heterocycles. The molecular weight excluding hydrogens is 412 g/mol. The predicted molar refractivity (Wildman–Crippen MR) is 119 cm³/mol.